The summed E-state index contributed by atoms with van der Waals surface area (Å²) in [7, 11) is -3.79. The predicted octanol–water partition coefficient (Wildman–Crippen LogP) is 2.15. The number of nitrogens with one attached hydrogen (secondary N) is 1. The quantitative estimate of drug-likeness (QED) is 0.697. The summed E-state index contributed by atoms with van der Waals surface area (Å²) in [5.74, 6) is 0.512. The Labute approximate surface area is 115 Å². The lowest BCUT2D eigenvalue weighted by molar-refractivity contribution is 0.438. The fourth-order valence-corrected chi connectivity index (χ4v) is 2.96. The van der Waals surface area contributed by atoms with Crippen LogP contribution in [-0.4, -0.2) is 14.5 Å². The normalized spacial score (nSPS) is 13.5. The molecule has 5 N–H and O–H groups in total. The fraction of sp³-hybridized carbons (Fsp3) is 0.538. The van der Waals surface area contributed by atoms with Crippen LogP contribution in [0, 0.1) is 5.92 Å². The highest BCUT2D eigenvalue weighted by atomic mass is 32.2. The van der Waals surface area contributed by atoms with Crippen LogP contribution in [-0.2, 0) is 10.0 Å². The SMILES string of the molecule is CCC(CC)C(C)Nc1cccc(S(N)(=O)=O)c1N. The Kier molecular flexibility index (Phi) is 5.20. The van der Waals surface area contributed by atoms with Crippen molar-refractivity contribution in [2.75, 3.05) is 11.1 Å². The third-order valence-electron chi connectivity index (χ3n) is 3.51. The minimum Gasteiger partial charge on any atom is -0.396 e. The molecule has 1 unspecified atom stereocenters. The van der Waals surface area contributed by atoms with Crippen LogP contribution >= 0.6 is 0 Å². The number of anilines is 2. The van der Waals surface area contributed by atoms with Crippen LogP contribution < -0.4 is 16.2 Å². The highest BCUT2D eigenvalue weighted by molar-refractivity contribution is 7.89. The van der Waals surface area contributed by atoms with Gasteiger partial charge in [0.1, 0.15) is 4.90 Å². The number of nitrogen functional groups attached to an aromatic ring is 1. The van der Waals surface area contributed by atoms with Crippen LogP contribution in [0.2, 0.25) is 0 Å². The summed E-state index contributed by atoms with van der Waals surface area (Å²) in [6.45, 7) is 6.34. The molecule has 1 aromatic rings. The summed E-state index contributed by atoms with van der Waals surface area (Å²) < 4.78 is 22.8. The minimum atomic E-state index is -3.79. The number of rotatable bonds is 6. The second kappa shape index (κ2) is 6.25. The Bertz CT molecular complexity index is 525. The van der Waals surface area contributed by atoms with Crippen molar-refractivity contribution < 1.29 is 8.42 Å². The molecule has 108 valence electrons. The number of para-hydroxylation sites is 1. The molecule has 0 spiro atoms. The zero-order chi connectivity index (χ0) is 14.6. The van der Waals surface area contributed by atoms with Crippen LogP contribution in [0.5, 0.6) is 0 Å². The van der Waals surface area contributed by atoms with E-state index in [1.54, 1.807) is 12.1 Å². The molecule has 0 aromatic heterocycles. The predicted molar refractivity (Wildman–Crippen MR) is 79.4 cm³/mol. The molecule has 6 heteroatoms. The second-order valence-electron chi connectivity index (χ2n) is 4.77. The number of sulfonamides is 1. The molecule has 0 aliphatic rings. The summed E-state index contributed by atoms with van der Waals surface area (Å²) in [5.41, 5.74) is 6.68. The Morgan fingerprint density at radius 2 is 1.84 bits per heavy atom. The molecule has 0 radical (unpaired) electrons. The molecule has 0 bridgehead atoms. The molecule has 0 amide bonds. The molecule has 5 nitrogen and oxygen atoms in total. The zero-order valence-corrected chi connectivity index (χ0v) is 12.5. The van der Waals surface area contributed by atoms with Crippen molar-refractivity contribution in [2.24, 2.45) is 11.1 Å². The maximum Gasteiger partial charge on any atom is 0.240 e. The van der Waals surface area contributed by atoms with Crippen molar-refractivity contribution in [1.82, 2.24) is 0 Å². The van der Waals surface area contributed by atoms with E-state index in [2.05, 4.69) is 26.1 Å². The van der Waals surface area contributed by atoms with Crippen LogP contribution in [0.15, 0.2) is 23.1 Å². The van der Waals surface area contributed by atoms with Crippen LogP contribution in [0.4, 0.5) is 11.4 Å². The van der Waals surface area contributed by atoms with E-state index in [0.29, 0.717) is 11.6 Å². The number of hydrogen-bond donors (Lipinski definition) is 3. The molecule has 0 heterocycles. The average Bonchev–Trinajstić information content (AvgIpc) is 2.32. The lowest BCUT2D eigenvalue weighted by Gasteiger charge is -2.24. The number of benzene rings is 1. The van der Waals surface area contributed by atoms with E-state index in [1.165, 1.54) is 6.07 Å². The van der Waals surface area contributed by atoms with Gasteiger partial charge in [-0.05, 0) is 25.0 Å². The molecular weight excluding hydrogens is 262 g/mol. The van der Waals surface area contributed by atoms with Crippen LogP contribution in [0.3, 0.4) is 0 Å². The monoisotopic (exact) mass is 285 g/mol. The highest BCUT2D eigenvalue weighted by Gasteiger charge is 2.18. The van der Waals surface area contributed by atoms with Gasteiger partial charge in [-0.1, -0.05) is 32.8 Å². The van der Waals surface area contributed by atoms with Gasteiger partial charge in [0.15, 0.2) is 0 Å². The Morgan fingerprint density at radius 3 is 2.32 bits per heavy atom. The molecule has 0 fully saturated rings. The minimum absolute atomic E-state index is 0.0331. The summed E-state index contributed by atoms with van der Waals surface area (Å²) >= 11 is 0. The summed E-state index contributed by atoms with van der Waals surface area (Å²) in [6.07, 6.45) is 2.11. The molecule has 1 aromatic carbocycles. The van der Waals surface area contributed by atoms with Gasteiger partial charge in [-0.3, -0.25) is 0 Å². The first-order valence-electron chi connectivity index (χ1n) is 6.49. The van der Waals surface area contributed by atoms with Gasteiger partial charge >= 0.3 is 0 Å². The first kappa shape index (κ1) is 15.8. The van der Waals surface area contributed by atoms with E-state index >= 15 is 0 Å². The average molecular weight is 285 g/mol. The van der Waals surface area contributed by atoms with Gasteiger partial charge in [-0.2, -0.15) is 0 Å². The van der Waals surface area contributed by atoms with Crippen molar-refractivity contribution in [3.63, 3.8) is 0 Å². The number of hydrogen-bond acceptors (Lipinski definition) is 4. The first-order chi connectivity index (χ1) is 8.81. The molecular formula is C13H23N3O2S. The summed E-state index contributed by atoms with van der Waals surface area (Å²) in [5, 5.41) is 8.41. The van der Waals surface area contributed by atoms with Crippen LogP contribution in [0.25, 0.3) is 0 Å². The van der Waals surface area contributed by atoms with Gasteiger partial charge in [0.05, 0.1) is 11.4 Å². The molecule has 1 atom stereocenters. The lowest BCUT2D eigenvalue weighted by atomic mass is 9.95. The van der Waals surface area contributed by atoms with E-state index in [9.17, 15) is 8.42 Å². The third kappa shape index (κ3) is 3.84. The van der Waals surface area contributed by atoms with Gasteiger partial charge in [-0.15, -0.1) is 0 Å². The van der Waals surface area contributed by atoms with Crippen molar-refractivity contribution in [3.05, 3.63) is 18.2 Å². The van der Waals surface area contributed by atoms with E-state index in [0.717, 1.165) is 12.8 Å². The second-order valence-corrected chi connectivity index (χ2v) is 6.30. The van der Waals surface area contributed by atoms with E-state index in [1.807, 2.05) is 0 Å². The number of primary sulfonamides is 1. The maximum absolute atomic E-state index is 11.4. The van der Waals surface area contributed by atoms with Gasteiger partial charge in [-0.25, -0.2) is 13.6 Å². The topological polar surface area (TPSA) is 98.2 Å². The smallest absolute Gasteiger partial charge is 0.240 e. The third-order valence-corrected chi connectivity index (χ3v) is 4.48. The van der Waals surface area contributed by atoms with Gasteiger partial charge in [0.25, 0.3) is 0 Å². The van der Waals surface area contributed by atoms with Crippen molar-refractivity contribution in [1.29, 1.82) is 0 Å². The van der Waals surface area contributed by atoms with Crippen molar-refractivity contribution in [3.8, 4) is 0 Å². The highest BCUT2D eigenvalue weighted by Crippen LogP contribution is 2.28. The van der Waals surface area contributed by atoms with Gasteiger partial charge in [0, 0.05) is 6.04 Å². The molecule has 1 rings (SSSR count). The molecule has 0 saturated carbocycles. The largest absolute Gasteiger partial charge is 0.396 e. The zero-order valence-electron chi connectivity index (χ0n) is 11.7. The fourth-order valence-electron chi connectivity index (χ4n) is 2.28. The first-order valence-corrected chi connectivity index (χ1v) is 8.03. The van der Waals surface area contributed by atoms with Crippen LogP contribution in [0.1, 0.15) is 33.6 Å². The van der Waals surface area contributed by atoms with Gasteiger partial charge in [0.2, 0.25) is 10.0 Å². The standard InChI is InChI=1S/C13H23N3O2S/c1-4-10(5-2)9(3)16-11-7-6-8-12(13(11)14)19(15,17)18/h6-10,16H,4-5,14H2,1-3H3,(H2,15,17,18). The molecule has 0 aliphatic heterocycles. The maximum atomic E-state index is 11.4. The Morgan fingerprint density at radius 1 is 1.26 bits per heavy atom. The van der Waals surface area contributed by atoms with Crippen molar-refractivity contribution in [2.45, 2.75) is 44.6 Å². The summed E-state index contributed by atoms with van der Waals surface area (Å²) in [6, 6.07) is 5.03. The molecule has 0 saturated heterocycles. The molecule has 19 heavy (non-hydrogen) atoms. The number of nitrogens with two attached hydrogens (primary N) is 2. The van der Waals surface area contributed by atoms with E-state index < -0.39 is 10.0 Å². The molecule has 0 aliphatic carbocycles. The lowest BCUT2D eigenvalue weighted by Crippen LogP contribution is -2.26. The Hall–Kier alpha value is -1.27. The van der Waals surface area contributed by atoms with E-state index in [4.69, 9.17) is 10.9 Å². The van der Waals surface area contributed by atoms with Crippen molar-refractivity contribution >= 4 is 21.4 Å². The van der Waals surface area contributed by atoms with Gasteiger partial charge < -0.3 is 11.1 Å². The van der Waals surface area contributed by atoms with E-state index in [-0.39, 0.29) is 16.6 Å². The Balaban J connectivity index is 3.04. The summed E-state index contributed by atoms with van der Waals surface area (Å²) in [4.78, 5) is -0.0331.